The summed E-state index contributed by atoms with van der Waals surface area (Å²) in [5.74, 6) is 2.60. The van der Waals surface area contributed by atoms with Gasteiger partial charge in [-0.1, -0.05) is 0 Å². The van der Waals surface area contributed by atoms with Gasteiger partial charge in [0, 0.05) is 18.1 Å². The second kappa shape index (κ2) is 4.55. The average molecular weight is 290 g/mol. The Bertz CT molecular complexity index is 562. The normalized spacial score (nSPS) is 39.5. The molecule has 5 rings (SSSR count). The standard InChI is InChI=1S/C16H22N2OS/c1-2-18-3-4-20-15(18)17-14(19)16-8-11-5-12(9-16)7-13(6-11)10-16/h3-4,11-13H,2,5-10H2,1H3. The summed E-state index contributed by atoms with van der Waals surface area (Å²) in [7, 11) is 0. The quantitative estimate of drug-likeness (QED) is 0.823. The van der Waals surface area contributed by atoms with E-state index in [0.29, 0.717) is 0 Å². The number of carbonyl (C=O) groups is 1. The number of nitrogens with zero attached hydrogens (tertiary/aromatic N) is 2. The molecule has 4 aliphatic carbocycles. The molecule has 4 fully saturated rings. The molecule has 0 aromatic carbocycles. The highest BCUT2D eigenvalue weighted by atomic mass is 32.1. The van der Waals surface area contributed by atoms with E-state index in [-0.39, 0.29) is 11.3 Å². The minimum Gasteiger partial charge on any atom is -0.324 e. The van der Waals surface area contributed by atoms with Crippen LogP contribution in [0.5, 0.6) is 0 Å². The molecule has 3 nitrogen and oxygen atoms in total. The van der Waals surface area contributed by atoms with Gasteiger partial charge in [-0.25, -0.2) is 0 Å². The van der Waals surface area contributed by atoms with E-state index in [4.69, 9.17) is 0 Å². The van der Waals surface area contributed by atoms with Gasteiger partial charge in [0.25, 0.3) is 5.91 Å². The van der Waals surface area contributed by atoms with Gasteiger partial charge in [-0.15, -0.1) is 11.3 Å². The second-order valence-electron chi connectivity index (χ2n) is 7.09. The van der Waals surface area contributed by atoms with Crippen LogP contribution in [0.1, 0.15) is 45.4 Å². The van der Waals surface area contributed by atoms with Crippen molar-refractivity contribution in [3.8, 4) is 0 Å². The van der Waals surface area contributed by atoms with E-state index in [2.05, 4.69) is 16.5 Å². The van der Waals surface area contributed by atoms with Crippen molar-refractivity contribution in [3.05, 3.63) is 16.4 Å². The van der Waals surface area contributed by atoms with Crippen molar-refractivity contribution in [2.75, 3.05) is 0 Å². The van der Waals surface area contributed by atoms with E-state index >= 15 is 0 Å². The van der Waals surface area contributed by atoms with Crippen LogP contribution in [-0.2, 0) is 11.3 Å². The summed E-state index contributed by atoms with van der Waals surface area (Å²) in [5.41, 5.74) is -0.0929. The molecular formula is C16H22N2OS. The molecule has 0 radical (unpaired) electrons. The minimum absolute atomic E-state index is 0.0929. The Morgan fingerprint density at radius 2 is 1.90 bits per heavy atom. The van der Waals surface area contributed by atoms with Crippen molar-refractivity contribution in [1.82, 2.24) is 4.57 Å². The Labute approximate surface area is 123 Å². The third kappa shape index (κ3) is 1.92. The highest BCUT2D eigenvalue weighted by Gasteiger charge is 2.54. The van der Waals surface area contributed by atoms with Crippen molar-refractivity contribution in [3.63, 3.8) is 0 Å². The van der Waals surface area contributed by atoms with Gasteiger partial charge in [0.1, 0.15) is 0 Å². The topological polar surface area (TPSA) is 34.4 Å². The molecule has 1 heterocycles. The van der Waals surface area contributed by atoms with Gasteiger partial charge in [0.15, 0.2) is 4.80 Å². The van der Waals surface area contributed by atoms with Gasteiger partial charge in [-0.05, 0) is 63.2 Å². The number of aryl methyl sites for hydroxylation is 1. The molecule has 1 aromatic rings. The Morgan fingerprint density at radius 1 is 1.30 bits per heavy atom. The molecule has 4 bridgehead atoms. The lowest BCUT2D eigenvalue weighted by molar-refractivity contribution is -0.142. The monoisotopic (exact) mass is 290 g/mol. The fourth-order valence-corrected chi connectivity index (χ4v) is 6.00. The molecule has 0 N–H and O–H groups in total. The first-order valence-electron chi connectivity index (χ1n) is 7.91. The van der Waals surface area contributed by atoms with Crippen LogP contribution in [0.3, 0.4) is 0 Å². The largest absolute Gasteiger partial charge is 0.324 e. The lowest BCUT2D eigenvalue weighted by Crippen LogP contribution is -2.49. The van der Waals surface area contributed by atoms with Crippen LogP contribution in [-0.4, -0.2) is 10.5 Å². The highest BCUT2D eigenvalue weighted by Crippen LogP contribution is 2.60. The number of rotatable bonds is 2. The first kappa shape index (κ1) is 12.8. The zero-order valence-corrected chi connectivity index (χ0v) is 12.9. The maximum Gasteiger partial charge on any atom is 0.254 e. The number of thiazole rings is 1. The molecule has 0 spiro atoms. The van der Waals surface area contributed by atoms with E-state index in [1.807, 2.05) is 11.6 Å². The van der Waals surface area contributed by atoms with Crippen molar-refractivity contribution >= 4 is 17.2 Å². The van der Waals surface area contributed by atoms with Crippen LogP contribution < -0.4 is 4.80 Å². The molecule has 0 aliphatic heterocycles. The minimum atomic E-state index is -0.0929. The van der Waals surface area contributed by atoms with Gasteiger partial charge in [-0.3, -0.25) is 4.79 Å². The number of hydrogen-bond acceptors (Lipinski definition) is 2. The number of aromatic nitrogens is 1. The molecule has 1 amide bonds. The fourth-order valence-electron chi connectivity index (χ4n) is 5.21. The SMILES string of the molecule is CCn1ccsc1=NC(=O)C12CC3CC(CC(C3)C1)C2. The van der Waals surface area contributed by atoms with Gasteiger partial charge in [0.2, 0.25) is 0 Å². The van der Waals surface area contributed by atoms with Gasteiger partial charge in [0.05, 0.1) is 5.41 Å². The van der Waals surface area contributed by atoms with Gasteiger partial charge in [-0.2, -0.15) is 4.99 Å². The zero-order chi connectivity index (χ0) is 13.7. The van der Waals surface area contributed by atoms with Crippen molar-refractivity contribution < 1.29 is 4.79 Å². The number of hydrogen-bond donors (Lipinski definition) is 0. The summed E-state index contributed by atoms with van der Waals surface area (Å²) < 4.78 is 2.07. The predicted octanol–water partition coefficient (Wildman–Crippen LogP) is 3.21. The summed E-state index contributed by atoms with van der Waals surface area (Å²) in [6.45, 7) is 2.98. The van der Waals surface area contributed by atoms with Crippen LogP contribution in [0.4, 0.5) is 0 Å². The molecule has 0 unspecified atom stereocenters. The van der Waals surface area contributed by atoms with Crippen LogP contribution >= 0.6 is 11.3 Å². The molecule has 108 valence electrons. The smallest absolute Gasteiger partial charge is 0.254 e. The van der Waals surface area contributed by atoms with Crippen molar-refractivity contribution in [2.24, 2.45) is 28.2 Å². The highest BCUT2D eigenvalue weighted by molar-refractivity contribution is 7.07. The zero-order valence-electron chi connectivity index (χ0n) is 12.0. The van der Waals surface area contributed by atoms with E-state index in [0.717, 1.165) is 48.4 Å². The first-order chi connectivity index (χ1) is 9.68. The fraction of sp³-hybridized carbons (Fsp3) is 0.750. The number of carbonyl (C=O) groups excluding carboxylic acids is 1. The molecule has 4 heteroatoms. The molecule has 4 aliphatic rings. The summed E-state index contributed by atoms with van der Waals surface area (Å²) in [5, 5.41) is 2.02. The van der Waals surface area contributed by atoms with E-state index in [9.17, 15) is 4.79 Å². The summed E-state index contributed by atoms with van der Waals surface area (Å²) >= 11 is 1.58. The van der Waals surface area contributed by atoms with Gasteiger partial charge < -0.3 is 4.57 Å². The van der Waals surface area contributed by atoms with Crippen LogP contribution in [0.15, 0.2) is 16.6 Å². The van der Waals surface area contributed by atoms with E-state index in [1.54, 1.807) is 11.3 Å². The number of amides is 1. The molecule has 0 atom stereocenters. The second-order valence-corrected chi connectivity index (χ2v) is 7.96. The van der Waals surface area contributed by atoms with E-state index in [1.165, 1.54) is 19.3 Å². The van der Waals surface area contributed by atoms with Gasteiger partial charge >= 0.3 is 0 Å². The van der Waals surface area contributed by atoms with Crippen LogP contribution in [0, 0.1) is 23.2 Å². The molecular weight excluding hydrogens is 268 g/mol. The third-order valence-corrected chi connectivity index (χ3v) is 6.48. The maximum atomic E-state index is 12.9. The Hall–Kier alpha value is -0.900. The Morgan fingerprint density at radius 3 is 2.45 bits per heavy atom. The summed E-state index contributed by atoms with van der Waals surface area (Å²) in [6.07, 6.45) is 9.48. The lowest BCUT2D eigenvalue weighted by atomic mass is 9.49. The Kier molecular flexibility index (Phi) is 2.92. The third-order valence-electron chi connectivity index (χ3n) is 5.69. The molecule has 20 heavy (non-hydrogen) atoms. The van der Waals surface area contributed by atoms with Crippen LogP contribution in [0.25, 0.3) is 0 Å². The lowest BCUT2D eigenvalue weighted by Gasteiger charge is -2.55. The van der Waals surface area contributed by atoms with Crippen molar-refractivity contribution in [2.45, 2.75) is 52.0 Å². The molecule has 1 aromatic heterocycles. The summed E-state index contributed by atoms with van der Waals surface area (Å²) in [6, 6.07) is 0. The van der Waals surface area contributed by atoms with E-state index < -0.39 is 0 Å². The van der Waals surface area contributed by atoms with Crippen LogP contribution in [0.2, 0.25) is 0 Å². The predicted molar refractivity (Wildman–Crippen MR) is 79.2 cm³/mol. The summed E-state index contributed by atoms with van der Waals surface area (Å²) in [4.78, 5) is 18.3. The molecule has 4 saturated carbocycles. The Balaban J connectivity index is 1.67. The maximum absolute atomic E-state index is 12.9. The first-order valence-corrected chi connectivity index (χ1v) is 8.79. The average Bonchev–Trinajstić information content (AvgIpc) is 2.84. The van der Waals surface area contributed by atoms with Crippen molar-refractivity contribution in [1.29, 1.82) is 0 Å². The molecule has 0 saturated heterocycles.